The van der Waals surface area contributed by atoms with E-state index in [0.717, 1.165) is 18.4 Å². The van der Waals surface area contributed by atoms with Crippen LogP contribution < -0.4 is 20.3 Å². The number of H-pyrrole nitrogens is 1. The van der Waals surface area contributed by atoms with Crippen molar-refractivity contribution in [2.24, 2.45) is 0 Å². The van der Waals surface area contributed by atoms with Crippen molar-refractivity contribution in [3.8, 4) is 17.4 Å². The number of benzene rings is 2. The van der Waals surface area contributed by atoms with E-state index in [4.69, 9.17) is 25.8 Å². The lowest BCUT2D eigenvalue weighted by Crippen LogP contribution is -2.41. The molecule has 0 unspecified atom stereocenters. The minimum Gasteiger partial charge on any atom is -0.495 e. The Hall–Kier alpha value is -4.31. The summed E-state index contributed by atoms with van der Waals surface area (Å²) in [6, 6.07) is 14.6. The van der Waals surface area contributed by atoms with Gasteiger partial charge in [-0.3, -0.25) is 4.79 Å². The van der Waals surface area contributed by atoms with Crippen LogP contribution in [0, 0.1) is 0 Å². The van der Waals surface area contributed by atoms with E-state index in [1.807, 2.05) is 45.0 Å². The molecule has 10 nitrogen and oxygen atoms in total. The van der Waals surface area contributed by atoms with Gasteiger partial charge in [-0.25, -0.2) is 9.89 Å². The molecule has 5 rings (SSSR count). The third-order valence-corrected chi connectivity index (χ3v) is 7.08. The second-order valence-electron chi connectivity index (χ2n) is 10.8. The van der Waals surface area contributed by atoms with Crippen molar-refractivity contribution in [3.63, 3.8) is 0 Å². The SMILES string of the molecule is COc1cc(C2CCN(C(=O)OC(C)(C)C)CC2)ccc1Nc1nc(Oc2ccccc2Cl)cc2cn[nH]c(=O)c12. The second-order valence-corrected chi connectivity index (χ2v) is 11.2. The summed E-state index contributed by atoms with van der Waals surface area (Å²) in [6.07, 6.45) is 2.88. The fourth-order valence-electron chi connectivity index (χ4n) is 4.79. The molecule has 1 aliphatic rings. The van der Waals surface area contributed by atoms with Crippen molar-refractivity contribution in [3.05, 3.63) is 75.7 Å². The molecule has 0 radical (unpaired) electrons. The number of carbonyl (C=O) groups excluding carboxylic acids is 1. The third-order valence-electron chi connectivity index (χ3n) is 6.77. The first-order chi connectivity index (χ1) is 19.6. The maximum absolute atomic E-state index is 12.8. The molecule has 2 N–H and O–H groups in total. The third kappa shape index (κ3) is 6.54. The Bertz CT molecular complexity index is 1630. The van der Waals surface area contributed by atoms with Gasteiger partial charge in [-0.15, -0.1) is 0 Å². The molecular formula is C30H32ClN5O5. The Balaban J connectivity index is 1.39. The standard InChI is InChI=1S/C30H32ClN5O5/c1-30(2,3)41-29(38)36-13-11-18(12-14-36)19-9-10-22(24(15-19)39-4)33-27-26-20(17-32-35-28(26)37)16-25(34-27)40-23-8-6-5-7-21(23)31/h5-10,15-18H,11-14H2,1-4H3,(H,33,34)(H,35,37). The van der Waals surface area contributed by atoms with Gasteiger partial charge in [-0.05, 0) is 69.4 Å². The zero-order valence-electron chi connectivity index (χ0n) is 23.4. The molecule has 2 aromatic heterocycles. The van der Waals surface area contributed by atoms with Crippen LogP contribution in [0.4, 0.5) is 16.3 Å². The first-order valence-corrected chi connectivity index (χ1v) is 13.7. The number of piperidine rings is 1. The number of hydrogen-bond acceptors (Lipinski definition) is 8. The summed E-state index contributed by atoms with van der Waals surface area (Å²) in [4.78, 5) is 31.6. The molecule has 41 heavy (non-hydrogen) atoms. The van der Waals surface area contributed by atoms with E-state index < -0.39 is 11.2 Å². The van der Waals surface area contributed by atoms with Gasteiger partial charge in [0.1, 0.15) is 22.9 Å². The Morgan fingerprint density at radius 1 is 1.10 bits per heavy atom. The summed E-state index contributed by atoms with van der Waals surface area (Å²) >= 11 is 6.28. The van der Waals surface area contributed by atoms with Gasteiger partial charge >= 0.3 is 6.09 Å². The number of amides is 1. The van der Waals surface area contributed by atoms with Gasteiger partial charge < -0.3 is 24.4 Å². The van der Waals surface area contributed by atoms with E-state index in [9.17, 15) is 9.59 Å². The van der Waals surface area contributed by atoms with Crippen LogP contribution in [-0.4, -0.2) is 52.0 Å². The lowest BCUT2D eigenvalue weighted by Gasteiger charge is -2.33. The van der Waals surface area contributed by atoms with Crippen molar-refractivity contribution >= 4 is 40.0 Å². The summed E-state index contributed by atoms with van der Waals surface area (Å²) in [5, 5.41) is 10.9. The highest BCUT2D eigenvalue weighted by Gasteiger charge is 2.28. The molecule has 1 aliphatic heterocycles. The number of pyridine rings is 1. The summed E-state index contributed by atoms with van der Waals surface area (Å²) < 4.78 is 17.2. The highest BCUT2D eigenvalue weighted by atomic mass is 35.5. The van der Waals surface area contributed by atoms with Gasteiger partial charge in [-0.2, -0.15) is 10.1 Å². The number of carbonyl (C=O) groups is 1. The van der Waals surface area contributed by atoms with Crippen LogP contribution in [0.5, 0.6) is 17.4 Å². The average molecular weight is 578 g/mol. The van der Waals surface area contributed by atoms with Gasteiger partial charge in [0.2, 0.25) is 5.88 Å². The smallest absolute Gasteiger partial charge is 0.410 e. The lowest BCUT2D eigenvalue weighted by atomic mass is 9.89. The number of rotatable bonds is 6. The number of methoxy groups -OCH3 is 1. The summed E-state index contributed by atoms with van der Waals surface area (Å²) in [5.41, 5.74) is 0.815. The summed E-state index contributed by atoms with van der Waals surface area (Å²) in [6.45, 7) is 6.84. The quantitative estimate of drug-likeness (QED) is 0.262. The minimum atomic E-state index is -0.522. The molecule has 4 aromatic rings. The first-order valence-electron chi connectivity index (χ1n) is 13.3. The number of hydrogen-bond donors (Lipinski definition) is 2. The van der Waals surface area contributed by atoms with Gasteiger partial charge in [0, 0.05) is 24.5 Å². The summed E-state index contributed by atoms with van der Waals surface area (Å²) in [7, 11) is 1.59. The monoisotopic (exact) mass is 577 g/mol. The molecule has 0 saturated carbocycles. The highest BCUT2D eigenvalue weighted by Crippen LogP contribution is 2.37. The molecule has 3 heterocycles. The molecule has 1 amide bonds. The van der Waals surface area contributed by atoms with E-state index in [1.54, 1.807) is 36.3 Å². The second kappa shape index (κ2) is 11.7. The number of likely N-dealkylation sites (tertiary alicyclic amines) is 1. The van der Waals surface area contributed by atoms with Gasteiger partial charge in [0.15, 0.2) is 0 Å². The number of para-hydroxylation sites is 1. The average Bonchev–Trinajstić information content (AvgIpc) is 2.93. The number of aromatic amines is 1. The number of fused-ring (bicyclic) bond motifs is 1. The lowest BCUT2D eigenvalue weighted by molar-refractivity contribution is 0.0205. The van der Waals surface area contributed by atoms with Crippen LogP contribution >= 0.6 is 11.6 Å². The van der Waals surface area contributed by atoms with E-state index in [0.29, 0.717) is 46.1 Å². The largest absolute Gasteiger partial charge is 0.495 e. The number of ether oxygens (including phenoxy) is 3. The zero-order chi connectivity index (χ0) is 29.1. The van der Waals surface area contributed by atoms with Crippen LogP contribution in [0.2, 0.25) is 5.02 Å². The Kier molecular flexibility index (Phi) is 8.03. The molecule has 0 bridgehead atoms. The van der Waals surface area contributed by atoms with E-state index in [1.165, 1.54) is 6.20 Å². The van der Waals surface area contributed by atoms with E-state index >= 15 is 0 Å². The normalized spacial score (nSPS) is 14.1. The molecule has 1 fully saturated rings. The fourth-order valence-corrected chi connectivity index (χ4v) is 4.97. The van der Waals surface area contributed by atoms with Gasteiger partial charge in [-0.1, -0.05) is 29.8 Å². The van der Waals surface area contributed by atoms with Crippen molar-refractivity contribution in [2.75, 3.05) is 25.5 Å². The zero-order valence-corrected chi connectivity index (χ0v) is 24.1. The van der Waals surface area contributed by atoms with Crippen LogP contribution in [-0.2, 0) is 4.74 Å². The molecular weight excluding hydrogens is 546 g/mol. The summed E-state index contributed by atoms with van der Waals surface area (Å²) in [5.74, 6) is 1.81. The predicted molar refractivity (Wildman–Crippen MR) is 158 cm³/mol. The van der Waals surface area contributed by atoms with Crippen molar-refractivity contribution < 1.29 is 19.0 Å². The number of halogens is 1. The van der Waals surface area contributed by atoms with Gasteiger partial charge in [0.25, 0.3) is 5.56 Å². The molecule has 1 saturated heterocycles. The fraction of sp³-hybridized carbons (Fsp3) is 0.333. The number of nitrogens with zero attached hydrogens (tertiary/aromatic N) is 3. The van der Waals surface area contributed by atoms with Crippen LogP contribution in [0.15, 0.2) is 59.5 Å². The molecule has 0 aliphatic carbocycles. The van der Waals surface area contributed by atoms with Crippen molar-refractivity contribution in [1.29, 1.82) is 0 Å². The molecule has 11 heteroatoms. The predicted octanol–water partition coefficient (Wildman–Crippen LogP) is 6.63. The topological polar surface area (TPSA) is 119 Å². The number of nitrogens with one attached hydrogen (secondary N) is 2. The van der Waals surface area contributed by atoms with E-state index in [-0.39, 0.29) is 23.7 Å². The van der Waals surface area contributed by atoms with Crippen molar-refractivity contribution in [1.82, 2.24) is 20.1 Å². The number of anilines is 2. The maximum Gasteiger partial charge on any atom is 0.410 e. The van der Waals surface area contributed by atoms with Crippen LogP contribution in [0.1, 0.15) is 45.1 Å². The van der Waals surface area contributed by atoms with Crippen molar-refractivity contribution in [2.45, 2.75) is 45.1 Å². The Morgan fingerprint density at radius 3 is 2.56 bits per heavy atom. The Morgan fingerprint density at radius 2 is 1.85 bits per heavy atom. The number of aromatic nitrogens is 3. The minimum absolute atomic E-state index is 0.243. The molecule has 0 spiro atoms. The van der Waals surface area contributed by atoms with Crippen LogP contribution in [0.3, 0.4) is 0 Å². The maximum atomic E-state index is 12.8. The molecule has 2 aromatic carbocycles. The first kappa shape index (κ1) is 28.2. The van der Waals surface area contributed by atoms with Crippen LogP contribution in [0.25, 0.3) is 10.8 Å². The van der Waals surface area contributed by atoms with E-state index in [2.05, 4.69) is 20.5 Å². The molecule has 214 valence electrons. The molecule has 0 atom stereocenters. The van der Waals surface area contributed by atoms with Gasteiger partial charge in [0.05, 0.1) is 29.4 Å². The Labute approximate surface area is 242 Å². The highest BCUT2D eigenvalue weighted by molar-refractivity contribution is 6.32.